The molecule has 2 aliphatic heterocycles. The summed E-state index contributed by atoms with van der Waals surface area (Å²) in [6.45, 7) is 4.05. The summed E-state index contributed by atoms with van der Waals surface area (Å²) >= 11 is 0. The topological polar surface area (TPSA) is 13.0 Å². The first-order valence-corrected chi connectivity index (χ1v) is 14.0. The highest BCUT2D eigenvalue weighted by atomic mass is 15.4. The molecule has 0 spiro atoms. The Kier molecular flexibility index (Phi) is 4.82. The zero-order valence-corrected chi connectivity index (χ0v) is 22.2. The number of nitrogens with zero attached hydrogens (tertiary/aromatic N) is 4. The lowest BCUT2D eigenvalue weighted by molar-refractivity contribution is 0.236. The van der Waals surface area contributed by atoms with Crippen LogP contribution in [0.5, 0.6) is 0 Å². The van der Waals surface area contributed by atoms with Gasteiger partial charge in [0.1, 0.15) is 0 Å². The largest absolute Gasteiger partial charge is 0.355 e. The maximum atomic E-state index is 2.64. The van der Waals surface area contributed by atoms with Gasteiger partial charge in [0.25, 0.3) is 0 Å². The quantitative estimate of drug-likeness (QED) is 0.326. The van der Waals surface area contributed by atoms with E-state index in [4.69, 9.17) is 0 Å². The highest BCUT2D eigenvalue weighted by Crippen LogP contribution is 2.59. The Hall–Kier alpha value is -3.92. The Labute approximate surface area is 225 Å². The molecule has 9 rings (SSSR count). The van der Waals surface area contributed by atoms with Gasteiger partial charge in [-0.05, 0) is 58.4 Å². The van der Waals surface area contributed by atoms with Gasteiger partial charge in [0, 0.05) is 39.0 Å². The van der Waals surface area contributed by atoms with Crippen molar-refractivity contribution in [3.8, 4) is 0 Å². The van der Waals surface area contributed by atoms with Crippen LogP contribution in [-0.2, 0) is 0 Å². The van der Waals surface area contributed by atoms with Crippen LogP contribution in [0.15, 0.2) is 97.1 Å². The van der Waals surface area contributed by atoms with E-state index in [-0.39, 0.29) is 0 Å². The molecule has 0 fully saturated rings. The molecule has 0 unspecified atom stereocenters. The number of rotatable bonds is 4. The van der Waals surface area contributed by atoms with E-state index < -0.39 is 0 Å². The Balaban J connectivity index is 1.25. The second-order valence-electron chi connectivity index (χ2n) is 11.6. The van der Waals surface area contributed by atoms with Gasteiger partial charge in [-0.15, -0.1) is 0 Å². The Morgan fingerprint density at radius 1 is 0.474 bits per heavy atom. The standard InChI is InChI=1S/C34H34N4/c1-35-21-37(31-17-9-7-15-29(31)35)19-27-28(20-38-22-36(2)30-16-8-10-18-32(30)38)34-25-13-5-3-11-23(25)33(27)24-12-4-6-14-26(24)34/h3-18,27-28,33-34H,19-22H2,1-2H3/t27-,28-,33?,34?/m0/s1. The average Bonchev–Trinajstić information content (AvgIpc) is 3.45. The third-order valence-electron chi connectivity index (χ3n) is 9.63. The number of anilines is 4. The highest BCUT2D eigenvalue weighted by molar-refractivity contribution is 5.77. The predicted molar refractivity (Wildman–Crippen MR) is 158 cm³/mol. The van der Waals surface area contributed by atoms with Gasteiger partial charge in [0.15, 0.2) is 0 Å². The Morgan fingerprint density at radius 2 is 0.789 bits per heavy atom. The number of para-hydroxylation sites is 4. The molecule has 4 aromatic rings. The molecule has 0 aromatic heterocycles. The Bertz CT molecular complexity index is 1370. The summed E-state index contributed by atoms with van der Waals surface area (Å²) in [6, 6.07) is 36.5. The van der Waals surface area contributed by atoms with Crippen LogP contribution in [0.4, 0.5) is 22.7 Å². The summed E-state index contributed by atoms with van der Waals surface area (Å²) < 4.78 is 0. The molecule has 0 saturated carbocycles. The summed E-state index contributed by atoms with van der Waals surface area (Å²) in [7, 11) is 4.45. The van der Waals surface area contributed by atoms with Gasteiger partial charge < -0.3 is 19.6 Å². The fourth-order valence-corrected chi connectivity index (χ4v) is 8.13. The normalized spacial score (nSPS) is 24.4. The molecule has 0 N–H and O–H groups in total. The van der Waals surface area contributed by atoms with Crippen LogP contribution in [-0.4, -0.2) is 40.5 Å². The van der Waals surface area contributed by atoms with Crippen LogP contribution in [0.25, 0.3) is 0 Å². The average molecular weight is 499 g/mol. The SMILES string of the molecule is CN1CN(C[C@@H]2C3c4ccccc4C(c4ccccc43)[C@H]2CN2CN(C)c3ccccc32)c2ccccc21. The highest BCUT2D eigenvalue weighted by Gasteiger charge is 2.51. The molecule has 2 atom stereocenters. The maximum absolute atomic E-state index is 2.64. The van der Waals surface area contributed by atoms with Crippen LogP contribution in [0, 0.1) is 11.8 Å². The molecule has 4 aromatic carbocycles. The van der Waals surface area contributed by atoms with Crippen LogP contribution in [0.3, 0.4) is 0 Å². The zero-order chi connectivity index (χ0) is 25.4. The monoisotopic (exact) mass is 498 g/mol. The van der Waals surface area contributed by atoms with Crippen molar-refractivity contribution in [3.63, 3.8) is 0 Å². The van der Waals surface area contributed by atoms with Crippen LogP contribution < -0.4 is 19.6 Å². The second kappa shape index (κ2) is 8.29. The smallest absolute Gasteiger partial charge is 0.0901 e. The molecule has 4 heteroatoms. The number of benzene rings is 4. The van der Waals surface area contributed by atoms with E-state index >= 15 is 0 Å². The minimum absolute atomic E-state index is 0.422. The molecule has 0 amide bonds. The third-order valence-corrected chi connectivity index (χ3v) is 9.63. The van der Waals surface area contributed by atoms with Crippen molar-refractivity contribution in [1.82, 2.24) is 0 Å². The van der Waals surface area contributed by atoms with Crippen LogP contribution >= 0.6 is 0 Å². The van der Waals surface area contributed by atoms with Crippen molar-refractivity contribution in [2.24, 2.45) is 11.8 Å². The van der Waals surface area contributed by atoms with Crippen molar-refractivity contribution in [1.29, 1.82) is 0 Å². The first-order valence-electron chi connectivity index (χ1n) is 14.0. The predicted octanol–water partition coefficient (Wildman–Crippen LogP) is 6.34. The van der Waals surface area contributed by atoms with Crippen molar-refractivity contribution < 1.29 is 0 Å². The lowest BCUT2D eigenvalue weighted by Crippen LogP contribution is -2.50. The van der Waals surface area contributed by atoms with Gasteiger partial charge in [0.2, 0.25) is 0 Å². The van der Waals surface area contributed by atoms with E-state index in [1.807, 2.05) is 0 Å². The van der Waals surface area contributed by atoms with Crippen molar-refractivity contribution in [2.45, 2.75) is 11.8 Å². The molecule has 3 aliphatic carbocycles. The van der Waals surface area contributed by atoms with Crippen molar-refractivity contribution in [3.05, 3.63) is 119 Å². The summed E-state index contributed by atoms with van der Waals surface area (Å²) in [5, 5.41) is 0. The van der Waals surface area contributed by atoms with Crippen molar-refractivity contribution in [2.75, 3.05) is 60.1 Å². The molecule has 2 heterocycles. The third kappa shape index (κ3) is 3.09. The summed E-state index contributed by atoms with van der Waals surface area (Å²) in [5.74, 6) is 1.90. The molecule has 4 nitrogen and oxygen atoms in total. The maximum Gasteiger partial charge on any atom is 0.0901 e. The lowest BCUT2D eigenvalue weighted by atomic mass is 9.54. The molecule has 5 aliphatic rings. The first-order chi connectivity index (χ1) is 18.7. The van der Waals surface area contributed by atoms with E-state index in [1.165, 1.54) is 22.7 Å². The molecule has 0 radical (unpaired) electrons. The van der Waals surface area contributed by atoms with Gasteiger partial charge in [-0.3, -0.25) is 0 Å². The fraction of sp³-hybridized carbons (Fsp3) is 0.294. The van der Waals surface area contributed by atoms with E-state index in [0.717, 1.165) is 26.4 Å². The van der Waals surface area contributed by atoms with Gasteiger partial charge in [-0.25, -0.2) is 0 Å². The first kappa shape index (κ1) is 22.1. The van der Waals surface area contributed by atoms with E-state index in [9.17, 15) is 0 Å². The molecular weight excluding hydrogens is 464 g/mol. The zero-order valence-electron chi connectivity index (χ0n) is 22.2. The van der Waals surface area contributed by atoms with E-state index in [2.05, 4.69) is 131 Å². The van der Waals surface area contributed by atoms with Gasteiger partial charge >= 0.3 is 0 Å². The number of hydrogen-bond donors (Lipinski definition) is 0. The van der Waals surface area contributed by atoms with Crippen molar-refractivity contribution >= 4 is 22.7 Å². The number of hydrogen-bond acceptors (Lipinski definition) is 4. The molecule has 38 heavy (non-hydrogen) atoms. The minimum atomic E-state index is 0.422. The summed E-state index contributed by atoms with van der Waals surface area (Å²) in [4.78, 5) is 10.1. The van der Waals surface area contributed by atoms with Crippen LogP contribution in [0.2, 0.25) is 0 Å². The molecule has 0 saturated heterocycles. The minimum Gasteiger partial charge on any atom is -0.355 e. The Morgan fingerprint density at radius 3 is 1.16 bits per heavy atom. The summed E-state index contributed by atoms with van der Waals surface area (Å²) in [6.07, 6.45) is 0. The fourth-order valence-electron chi connectivity index (χ4n) is 8.13. The van der Waals surface area contributed by atoms with Crippen LogP contribution in [0.1, 0.15) is 34.1 Å². The molecule has 190 valence electrons. The molecule has 2 bridgehead atoms. The summed E-state index contributed by atoms with van der Waals surface area (Å²) in [5.41, 5.74) is 11.7. The van der Waals surface area contributed by atoms with Gasteiger partial charge in [-0.2, -0.15) is 0 Å². The van der Waals surface area contributed by atoms with Gasteiger partial charge in [0.05, 0.1) is 36.1 Å². The number of fused-ring (bicyclic) bond motifs is 3. The van der Waals surface area contributed by atoms with E-state index in [0.29, 0.717) is 23.7 Å². The second-order valence-corrected chi connectivity index (χ2v) is 11.6. The molecular formula is C34H34N4. The van der Waals surface area contributed by atoms with E-state index in [1.54, 1.807) is 22.3 Å². The lowest BCUT2D eigenvalue weighted by Gasteiger charge is -2.52. The van der Waals surface area contributed by atoms with Gasteiger partial charge in [-0.1, -0.05) is 72.8 Å².